The maximum absolute atomic E-state index is 12.5. The van der Waals surface area contributed by atoms with E-state index < -0.39 is 0 Å². The van der Waals surface area contributed by atoms with E-state index in [-0.39, 0.29) is 11.9 Å². The fourth-order valence-electron chi connectivity index (χ4n) is 2.09. The SMILES string of the molecule is COc1cccc(C(=O)N(C)C(C)c2ccccc2)c1. The van der Waals surface area contributed by atoms with Crippen molar-refractivity contribution in [1.29, 1.82) is 0 Å². The van der Waals surface area contributed by atoms with Gasteiger partial charge in [0, 0.05) is 12.6 Å². The molecule has 0 saturated carbocycles. The third kappa shape index (κ3) is 2.99. The van der Waals surface area contributed by atoms with E-state index in [2.05, 4.69) is 0 Å². The van der Waals surface area contributed by atoms with Gasteiger partial charge < -0.3 is 9.64 Å². The highest BCUT2D eigenvalue weighted by Crippen LogP contribution is 2.21. The Labute approximate surface area is 119 Å². The number of ether oxygens (including phenoxy) is 1. The van der Waals surface area contributed by atoms with Crippen LogP contribution in [0.5, 0.6) is 5.75 Å². The molecule has 0 aliphatic carbocycles. The van der Waals surface area contributed by atoms with Crippen LogP contribution >= 0.6 is 0 Å². The number of hydrogen-bond acceptors (Lipinski definition) is 2. The number of hydrogen-bond donors (Lipinski definition) is 0. The molecular formula is C17H19NO2. The van der Waals surface area contributed by atoms with Gasteiger partial charge in [0.15, 0.2) is 0 Å². The van der Waals surface area contributed by atoms with Crippen molar-refractivity contribution in [1.82, 2.24) is 4.90 Å². The van der Waals surface area contributed by atoms with Crippen LogP contribution in [-0.2, 0) is 0 Å². The monoisotopic (exact) mass is 269 g/mol. The zero-order valence-electron chi connectivity index (χ0n) is 12.0. The molecule has 3 heteroatoms. The van der Waals surface area contributed by atoms with Crippen molar-refractivity contribution >= 4 is 5.91 Å². The van der Waals surface area contributed by atoms with Crippen LogP contribution in [0.4, 0.5) is 0 Å². The average molecular weight is 269 g/mol. The summed E-state index contributed by atoms with van der Waals surface area (Å²) in [5, 5.41) is 0. The maximum atomic E-state index is 12.5. The van der Waals surface area contributed by atoms with Gasteiger partial charge in [-0.2, -0.15) is 0 Å². The smallest absolute Gasteiger partial charge is 0.254 e. The molecule has 0 radical (unpaired) electrons. The highest BCUT2D eigenvalue weighted by atomic mass is 16.5. The van der Waals surface area contributed by atoms with Crippen LogP contribution in [0, 0.1) is 0 Å². The van der Waals surface area contributed by atoms with Crippen molar-refractivity contribution < 1.29 is 9.53 Å². The predicted octanol–water partition coefficient (Wildman–Crippen LogP) is 3.53. The summed E-state index contributed by atoms with van der Waals surface area (Å²) in [6.45, 7) is 2.02. The van der Waals surface area contributed by atoms with E-state index in [0.29, 0.717) is 11.3 Å². The fraction of sp³-hybridized carbons (Fsp3) is 0.235. The first-order valence-corrected chi connectivity index (χ1v) is 6.59. The highest BCUT2D eigenvalue weighted by molar-refractivity contribution is 5.94. The second-order valence-electron chi connectivity index (χ2n) is 4.73. The largest absolute Gasteiger partial charge is 0.497 e. The third-order valence-electron chi connectivity index (χ3n) is 3.50. The molecule has 0 bridgehead atoms. The topological polar surface area (TPSA) is 29.5 Å². The van der Waals surface area contributed by atoms with Gasteiger partial charge in [-0.15, -0.1) is 0 Å². The Bertz CT molecular complexity index is 581. The van der Waals surface area contributed by atoms with Crippen LogP contribution < -0.4 is 4.74 Å². The second-order valence-corrected chi connectivity index (χ2v) is 4.73. The summed E-state index contributed by atoms with van der Waals surface area (Å²) in [5.41, 5.74) is 1.75. The number of benzene rings is 2. The minimum absolute atomic E-state index is 0.0137. The summed E-state index contributed by atoms with van der Waals surface area (Å²) in [6.07, 6.45) is 0. The van der Waals surface area contributed by atoms with Gasteiger partial charge in [-0.05, 0) is 30.7 Å². The van der Waals surface area contributed by atoms with Gasteiger partial charge in [-0.1, -0.05) is 36.4 Å². The third-order valence-corrected chi connectivity index (χ3v) is 3.50. The van der Waals surface area contributed by atoms with E-state index in [1.165, 1.54) is 0 Å². The number of nitrogens with zero attached hydrogens (tertiary/aromatic N) is 1. The summed E-state index contributed by atoms with van der Waals surface area (Å²) >= 11 is 0. The van der Waals surface area contributed by atoms with Crippen LogP contribution in [-0.4, -0.2) is 25.0 Å². The molecule has 0 aliphatic rings. The number of amides is 1. The van der Waals surface area contributed by atoms with Crippen LogP contribution in [0.25, 0.3) is 0 Å². The summed E-state index contributed by atoms with van der Waals surface area (Å²) in [7, 11) is 3.42. The van der Waals surface area contributed by atoms with Gasteiger partial charge in [0.1, 0.15) is 5.75 Å². The van der Waals surface area contributed by atoms with E-state index in [1.54, 1.807) is 24.1 Å². The molecule has 1 atom stereocenters. The molecule has 1 amide bonds. The summed E-state index contributed by atoms with van der Waals surface area (Å²) < 4.78 is 5.16. The molecule has 0 fully saturated rings. The molecule has 2 rings (SSSR count). The van der Waals surface area contributed by atoms with Gasteiger partial charge in [0.05, 0.1) is 13.2 Å². The lowest BCUT2D eigenvalue weighted by atomic mass is 10.1. The van der Waals surface area contributed by atoms with Crippen molar-refractivity contribution in [2.24, 2.45) is 0 Å². The predicted molar refractivity (Wildman–Crippen MR) is 79.9 cm³/mol. The van der Waals surface area contributed by atoms with Crippen LogP contribution in [0.1, 0.15) is 28.9 Å². The van der Waals surface area contributed by atoms with E-state index in [9.17, 15) is 4.79 Å². The molecule has 1 unspecified atom stereocenters. The van der Waals surface area contributed by atoms with E-state index in [0.717, 1.165) is 5.56 Å². The first-order valence-electron chi connectivity index (χ1n) is 6.59. The Morgan fingerprint density at radius 1 is 1.10 bits per heavy atom. The summed E-state index contributed by atoms with van der Waals surface area (Å²) in [5.74, 6) is 0.678. The van der Waals surface area contributed by atoms with E-state index in [4.69, 9.17) is 4.74 Å². The Kier molecular flexibility index (Phi) is 4.41. The molecule has 0 aliphatic heterocycles. The first kappa shape index (κ1) is 14.1. The molecule has 0 aromatic heterocycles. The highest BCUT2D eigenvalue weighted by Gasteiger charge is 2.18. The van der Waals surface area contributed by atoms with Gasteiger partial charge in [-0.25, -0.2) is 0 Å². The lowest BCUT2D eigenvalue weighted by Crippen LogP contribution is -2.29. The number of carbonyl (C=O) groups excluding carboxylic acids is 1. The molecule has 104 valence electrons. The normalized spacial score (nSPS) is 11.8. The number of carbonyl (C=O) groups is 1. The standard InChI is InChI=1S/C17H19NO2/c1-13(14-8-5-4-6-9-14)18(2)17(19)15-10-7-11-16(12-15)20-3/h4-13H,1-3H3. The Balaban J connectivity index is 2.19. The zero-order valence-corrected chi connectivity index (χ0v) is 12.0. The van der Waals surface area contributed by atoms with Crippen molar-refractivity contribution in [3.63, 3.8) is 0 Å². The molecule has 3 nitrogen and oxygen atoms in total. The van der Waals surface area contributed by atoms with E-state index in [1.807, 2.05) is 56.4 Å². The van der Waals surface area contributed by atoms with Crippen LogP contribution in [0.2, 0.25) is 0 Å². The van der Waals surface area contributed by atoms with Gasteiger partial charge in [-0.3, -0.25) is 4.79 Å². The Morgan fingerprint density at radius 2 is 1.80 bits per heavy atom. The molecule has 20 heavy (non-hydrogen) atoms. The van der Waals surface area contributed by atoms with Crippen molar-refractivity contribution in [3.8, 4) is 5.75 Å². The first-order chi connectivity index (χ1) is 9.63. The minimum atomic E-state index is -0.0137. The number of rotatable bonds is 4. The molecule has 0 saturated heterocycles. The molecule has 0 heterocycles. The minimum Gasteiger partial charge on any atom is -0.497 e. The molecule has 2 aromatic rings. The van der Waals surface area contributed by atoms with Gasteiger partial charge in [0.25, 0.3) is 5.91 Å². The number of methoxy groups -OCH3 is 1. The molecular weight excluding hydrogens is 250 g/mol. The Morgan fingerprint density at radius 3 is 2.45 bits per heavy atom. The summed E-state index contributed by atoms with van der Waals surface area (Å²) in [4.78, 5) is 14.2. The molecule has 2 aromatic carbocycles. The second kappa shape index (κ2) is 6.24. The fourth-order valence-corrected chi connectivity index (χ4v) is 2.09. The lowest BCUT2D eigenvalue weighted by Gasteiger charge is -2.25. The summed E-state index contributed by atoms with van der Waals surface area (Å²) in [6, 6.07) is 17.2. The van der Waals surface area contributed by atoms with Crippen LogP contribution in [0.15, 0.2) is 54.6 Å². The molecule has 0 spiro atoms. The zero-order chi connectivity index (χ0) is 14.5. The van der Waals surface area contributed by atoms with Gasteiger partial charge in [0.2, 0.25) is 0 Å². The van der Waals surface area contributed by atoms with Crippen LogP contribution in [0.3, 0.4) is 0 Å². The van der Waals surface area contributed by atoms with E-state index >= 15 is 0 Å². The lowest BCUT2D eigenvalue weighted by molar-refractivity contribution is 0.0742. The van der Waals surface area contributed by atoms with Crippen molar-refractivity contribution in [2.75, 3.05) is 14.2 Å². The van der Waals surface area contributed by atoms with Crippen molar-refractivity contribution in [3.05, 3.63) is 65.7 Å². The van der Waals surface area contributed by atoms with Crippen molar-refractivity contribution in [2.45, 2.75) is 13.0 Å². The quantitative estimate of drug-likeness (QED) is 0.849. The maximum Gasteiger partial charge on any atom is 0.254 e. The van der Waals surface area contributed by atoms with Gasteiger partial charge >= 0.3 is 0 Å². The average Bonchev–Trinajstić information content (AvgIpc) is 2.53. The molecule has 0 N–H and O–H groups in total. The Hall–Kier alpha value is -2.29.